The lowest BCUT2D eigenvalue weighted by molar-refractivity contribution is -0.139. The number of nitrogens with one attached hydrogen (secondary N) is 1. The zero-order valence-electron chi connectivity index (χ0n) is 14.1. The fraction of sp³-hybridized carbons (Fsp3) is 0.412. The van der Waals surface area contributed by atoms with Crippen molar-refractivity contribution in [3.05, 3.63) is 46.7 Å². The smallest absolute Gasteiger partial charge is 0.338 e. The third-order valence-corrected chi connectivity index (χ3v) is 4.15. The van der Waals surface area contributed by atoms with Gasteiger partial charge in [0.15, 0.2) is 0 Å². The van der Waals surface area contributed by atoms with E-state index in [1.165, 1.54) is 0 Å². The molecule has 0 fully saturated rings. The molecule has 1 aliphatic rings. The highest BCUT2D eigenvalue weighted by molar-refractivity contribution is 5.92. The van der Waals surface area contributed by atoms with Crippen molar-refractivity contribution in [2.24, 2.45) is 0 Å². The number of unbranched alkanes of at least 4 members (excludes halogenated alkanes) is 1. The van der Waals surface area contributed by atoms with Crippen LogP contribution in [0.15, 0.2) is 35.5 Å². The van der Waals surface area contributed by atoms with Crippen LogP contribution in [-0.2, 0) is 9.53 Å². The van der Waals surface area contributed by atoms with Gasteiger partial charge in [-0.2, -0.15) is 4.68 Å². The van der Waals surface area contributed by atoms with E-state index >= 15 is 0 Å². The molecule has 0 radical (unpaired) electrons. The van der Waals surface area contributed by atoms with Crippen LogP contribution in [0, 0.1) is 6.92 Å². The summed E-state index contributed by atoms with van der Waals surface area (Å²) >= 11 is 0. The van der Waals surface area contributed by atoms with Crippen molar-refractivity contribution < 1.29 is 9.53 Å². The molecule has 0 amide bonds. The van der Waals surface area contributed by atoms with Gasteiger partial charge in [0.25, 0.3) is 0 Å². The molecule has 1 N–H and O–H groups in total. The predicted octanol–water partition coefficient (Wildman–Crippen LogP) is 2.61. The minimum atomic E-state index is -0.397. The molecule has 1 aromatic carbocycles. The average molecular weight is 327 g/mol. The van der Waals surface area contributed by atoms with Crippen LogP contribution in [0.2, 0.25) is 0 Å². The van der Waals surface area contributed by atoms with Crippen LogP contribution in [0.1, 0.15) is 43.9 Å². The van der Waals surface area contributed by atoms with Crippen LogP contribution in [0.5, 0.6) is 0 Å². The van der Waals surface area contributed by atoms with E-state index in [9.17, 15) is 4.79 Å². The molecule has 2 heterocycles. The summed E-state index contributed by atoms with van der Waals surface area (Å²) in [5, 5.41) is 14.9. The Morgan fingerprint density at radius 1 is 1.33 bits per heavy atom. The standard InChI is InChI=1S/C17H21N5O2/c1-4-5-10-24-16(23)14-12(3)18-17-19-20-21-22(17)15(14)13-9-7-6-8-11(13)2/h6-9,15H,4-5,10H2,1-3H3,(H,18,19,21). The third kappa shape index (κ3) is 2.89. The van der Waals surface area contributed by atoms with Crippen molar-refractivity contribution in [2.75, 3.05) is 11.9 Å². The average Bonchev–Trinajstić information content (AvgIpc) is 3.02. The lowest BCUT2D eigenvalue weighted by atomic mass is 9.92. The van der Waals surface area contributed by atoms with E-state index in [0.717, 1.165) is 24.0 Å². The molecular weight excluding hydrogens is 306 g/mol. The van der Waals surface area contributed by atoms with Gasteiger partial charge in [-0.1, -0.05) is 42.7 Å². The van der Waals surface area contributed by atoms with E-state index in [-0.39, 0.29) is 5.97 Å². The molecule has 7 heteroatoms. The number of rotatable bonds is 5. The van der Waals surface area contributed by atoms with Crippen LogP contribution in [0.4, 0.5) is 5.95 Å². The first kappa shape index (κ1) is 16.2. The zero-order valence-corrected chi connectivity index (χ0v) is 14.1. The molecular formula is C17H21N5O2. The summed E-state index contributed by atoms with van der Waals surface area (Å²) in [5.74, 6) is 0.189. The number of aromatic nitrogens is 4. The lowest BCUT2D eigenvalue weighted by Gasteiger charge is -2.28. The van der Waals surface area contributed by atoms with E-state index in [1.54, 1.807) is 4.68 Å². The van der Waals surface area contributed by atoms with Crippen LogP contribution in [0.3, 0.4) is 0 Å². The Balaban J connectivity index is 2.04. The second kappa shape index (κ2) is 6.82. The van der Waals surface area contributed by atoms with E-state index < -0.39 is 6.04 Å². The largest absolute Gasteiger partial charge is 0.462 e. The maximum atomic E-state index is 12.7. The zero-order chi connectivity index (χ0) is 17.1. The molecule has 0 spiro atoms. The first-order chi connectivity index (χ1) is 11.6. The van der Waals surface area contributed by atoms with Gasteiger partial charge in [-0.05, 0) is 41.8 Å². The first-order valence-electron chi connectivity index (χ1n) is 8.11. The van der Waals surface area contributed by atoms with E-state index in [0.29, 0.717) is 23.8 Å². The number of fused-ring (bicyclic) bond motifs is 1. The number of aryl methyl sites for hydroxylation is 1. The Kier molecular flexibility index (Phi) is 4.59. The van der Waals surface area contributed by atoms with Crippen LogP contribution < -0.4 is 5.32 Å². The number of hydrogen-bond donors (Lipinski definition) is 1. The van der Waals surface area contributed by atoms with Gasteiger partial charge < -0.3 is 10.1 Å². The normalized spacial score (nSPS) is 16.5. The Morgan fingerprint density at radius 2 is 2.12 bits per heavy atom. The molecule has 1 unspecified atom stereocenters. The Morgan fingerprint density at radius 3 is 2.88 bits per heavy atom. The maximum Gasteiger partial charge on any atom is 0.338 e. The van der Waals surface area contributed by atoms with Crippen molar-refractivity contribution in [3.63, 3.8) is 0 Å². The third-order valence-electron chi connectivity index (χ3n) is 4.15. The molecule has 7 nitrogen and oxygen atoms in total. The van der Waals surface area contributed by atoms with Gasteiger partial charge in [0.2, 0.25) is 5.95 Å². The second-order valence-corrected chi connectivity index (χ2v) is 5.86. The van der Waals surface area contributed by atoms with Gasteiger partial charge in [0.1, 0.15) is 6.04 Å². The van der Waals surface area contributed by atoms with Gasteiger partial charge in [-0.25, -0.2) is 4.79 Å². The SMILES string of the molecule is CCCCOC(=O)C1=C(C)Nc2nnnn2C1c1ccccc1C. The molecule has 0 aliphatic carbocycles. The molecule has 126 valence electrons. The minimum absolute atomic E-state index is 0.331. The number of hydrogen-bond acceptors (Lipinski definition) is 6. The lowest BCUT2D eigenvalue weighted by Crippen LogP contribution is -2.30. The topological polar surface area (TPSA) is 81.9 Å². The molecule has 0 saturated carbocycles. The number of allylic oxidation sites excluding steroid dienone is 1. The number of nitrogens with zero attached hydrogens (tertiary/aromatic N) is 4. The molecule has 1 atom stereocenters. The summed E-state index contributed by atoms with van der Waals surface area (Å²) in [5.41, 5.74) is 3.30. The number of benzene rings is 1. The van der Waals surface area contributed by atoms with Crippen molar-refractivity contribution in [1.82, 2.24) is 20.2 Å². The molecule has 3 rings (SSSR count). The Labute approximate surface area is 140 Å². The first-order valence-corrected chi connectivity index (χ1v) is 8.11. The molecule has 24 heavy (non-hydrogen) atoms. The fourth-order valence-electron chi connectivity index (χ4n) is 2.84. The van der Waals surface area contributed by atoms with Crippen molar-refractivity contribution >= 4 is 11.9 Å². The summed E-state index contributed by atoms with van der Waals surface area (Å²) in [7, 11) is 0. The Hall–Kier alpha value is -2.70. The summed E-state index contributed by atoms with van der Waals surface area (Å²) in [6.07, 6.45) is 1.82. The fourth-order valence-corrected chi connectivity index (χ4v) is 2.84. The number of carbonyl (C=O) groups excluding carboxylic acids is 1. The number of carbonyl (C=O) groups is 1. The maximum absolute atomic E-state index is 12.7. The predicted molar refractivity (Wildman–Crippen MR) is 89.3 cm³/mol. The van der Waals surface area contributed by atoms with Gasteiger partial charge in [0, 0.05) is 5.70 Å². The van der Waals surface area contributed by atoms with Gasteiger partial charge in [0.05, 0.1) is 12.2 Å². The van der Waals surface area contributed by atoms with E-state index in [2.05, 4.69) is 27.8 Å². The second-order valence-electron chi connectivity index (χ2n) is 5.86. The highest BCUT2D eigenvalue weighted by Gasteiger charge is 2.35. The monoisotopic (exact) mass is 327 g/mol. The summed E-state index contributed by atoms with van der Waals surface area (Å²) in [4.78, 5) is 12.7. The highest BCUT2D eigenvalue weighted by atomic mass is 16.5. The van der Waals surface area contributed by atoms with Crippen molar-refractivity contribution in [1.29, 1.82) is 0 Å². The molecule has 2 aromatic rings. The number of esters is 1. The van der Waals surface area contributed by atoms with Gasteiger partial charge in [-0.3, -0.25) is 0 Å². The van der Waals surface area contributed by atoms with Gasteiger partial charge >= 0.3 is 5.97 Å². The summed E-state index contributed by atoms with van der Waals surface area (Å²) in [6.45, 7) is 6.33. The van der Waals surface area contributed by atoms with E-state index in [4.69, 9.17) is 4.74 Å². The molecule has 1 aromatic heterocycles. The highest BCUT2D eigenvalue weighted by Crippen LogP contribution is 2.36. The number of tetrazole rings is 1. The van der Waals surface area contributed by atoms with Crippen LogP contribution >= 0.6 is 0 Å². The molecule has 0 saturated heterocycles. The minimum Gasteiger partial charge on any atom is -0.462 e. The number of anilines is 1. The van der Waals surface area contributed by atoms with Crippen LogP contribution in [-0.4, -0.2) is 32.8 Å². The molecule has 0 bridgehead atoms. The van der Waals surface area contributed by atoms with Crippen molar-refractivity contribution in [3.8, 4) is 0 Å². The van der Waals surface area contributed by atoms with Crippen molar-refractivity contribution in [2.45, 2.75) is 39.7 Å². The molecule has 1 aliphatic heterocycles. The number of ether oxygens (including phenoxy) is 1. The Bertz CT molecular complexity index is 781. The van der Waals surface area contributed by atoms with Gasteiger partial charge in [-0.15, -0.1) is 0 Å². The quantitative estimate of drug-likeness (QED) is 0.671. The van der Waals surface area contributed by atoms with Crippen LogP contribution in [0.25, 0.3) is 0 Å². The summed E-state index contributed by atoms with van der Waals surface area (Å²) in [6, 6.07) is 7.52. The summed E-state index contributed by atoms with van der Waals surface area (Å²) < 4.78 is 7.09. The van der Waals surface area contributed by atoms with E-state index in [1.807, 2.05) is 38.1 Å².